The molecule has 0 radical (unpaired) electrons. The fraction of sp³-hybridized carbons (Fsp3) is 0. The van der Waals surface area contributed by atoms with Gasteiger partial charge >= 0.3 is 0 Å². The standard InChI is InChI=1S/C15H8BrN3S/c16-12-5-2-6-18-14(12)15-19-13(9-20-15)11-4-1-3-10(7-11)8-17/h1-7,9H. The highest BCUT2D eigenvalue weighted by molar-refractivity contribution is 9.10. The van der Waals surface area contributed by atoms with E-state index in [0.29, 0.717) is 5.56 Å². The third-order valence-corrected chi connectivity index (χ3v) is 4.24. The van der Waals surface area contributed by atoms with Crippen molar-refractivity contribution in [3.63, 3.8) is 0 Å². The first kappa shape index (κ1) is 13.0. The summed E-state index contributed by atoms with van der Waals surface area (Å²) in [4.78, 5) is 8.94. The number of aromatic nitrogens is 2. The molecule has 2 heterocycles. The predicted molar refractivity (Wildman–Crippen MR) is 83.2 cm³/mol. The summed E-state index contributed by atoms with van der Waals surface area (Å²) in [6.45, 7) is 0. The maximum Gasteiger partial charge on any atom is 0.143 e. The van der Waals surface area contributed by atoms with Crippen LogP contribution in [-0.2, 0) is 0 Å². The van der Waals surface area contributed by atoms with Crippen LogP contribution in [0.1, 0.15) is 5.56 Å². The van der Waals surface area contributed by atoms with Gasteiger partial charge in [0, 0.05) is 21.6 Å². The highest BCUT2D eigenvalue weighted by atomic mass is 79.9. The highest BCUT2D eigenvalue weighted by Gasteiger charge is 2.10. The molecule has 3 nitrogen and oxygen atoms in total. The van der Waals surface area contributed by atoms with Gasteiger partial charge in [0.05, 0.1) is 17.3 Å². The van der Waals surface area contributed by atoms with Gasteiger partial charge in [0.1, 0.15) is 10.7 Å². The number of thiazole rings is 1. The van der Waals surface area contributed by atoms with E-state index in [-0.39, 0.29) is 0 Å². The average Bonchev–Trinajstić information content (AvgIpc) is 2.97. The Balaban J connectivity index is 2.02. The Kier molecular flexibility index (Phi) is 3.59. The summed E-state index contributed by atoms with van der Waals surface area (Å²) in [7, 11) is 0. The Morgan fingerprint density at radius 2 is 2.10 bits per heavy atom. The first-order valence-corrected chi connectivity index (χ1v) is 7.52. The van der Waals surface area contributed by atoms with Crippen LogP contribution in [0, 0.1) is 11.3 Å². The summed E-state index contributed by atoms with van der Waals surface area (Å²) >= 11 is 5.02. The average molecular weight is 342 g/mol. The molecule has 3 rings (SSSR count). The van der Waals surface area contributed by atoms with Crippen molar-refractivity contribution >= 4 is 27.3 Å². The van der Waals surface area contributed by atoms with Crippen LogP contribution < -0.4 is 0 Å². The molecule has 0 unspecified atom stereocenters. The van der Waals surface area contributed by atoms with E-state index in [2.05, 4.69) is 32.0 Å². The lowest BCUT2D eigenvalue weighted by Crippen LogP contribution is -1.84. The summed E-state index contributed by atoms with van der Waals surface area (Å²) in [5.74, 6) is 0. The van der Waals surface area contributed by atoms with Gasteiger partial charge in [-0.15, -0.1) is 11.3 Å². The molecule has 1 aromatic carbocycles. The zero-order valence-corrected chi connectivity index (χ0v) is 12.6. The van der Waals surface area contributed by atoms with Crippen LogP contribution in [0.25, 0.3) is 22.0 Å². The van der Waals surface area contributed by atoms with Gasteiger partial charge in [-0.2, -0.15) is 5.26 Å². The van der Waals surface area contributed by atoms with Crippen LogP contribution in [0.15, 0.2) is 52.4 Å². The van der Waals surface area contributed by atoms with Crippen molar-refractivity contribution < 1.29 is 0 Å². The quantitative estimate of drug-likeness (QED) is 0.689. The van der Waals surface area contributed by atoms with E-state index in [0.717, 1.165) is 26.4 Å². The molecule has 0 bridgehead atoms. The maximum atomic E-state index is 8.94. The number of pyridine rings is 1. The molecule has 0 fully saturated rings. The third kappa shape index (κ3) is 2.48. The molecule has 0 amide bonds. The molecule has 2 aromatic heterocycles. The van der Waals surface area contributed by atoms with E-state index >= 15 is 0 Å². The van der Waals surface area contributed by atoms with Crippen molar-refractivity contribution in [3.8, 4) is 28.0 Å². The molecule has 0 aliphatic carbocycles. The Labute approximate surface area is 128 Å². The topological polar surface area (TPSA) is 49.6 Å². The van der Waals surface area contributed by atoms with Gasteiger partial charge in [-0.3, -0.25) is 4.98 Å². The number of nitriles is 1. The lowest BCUT2D eigenvalue weighted by atomic mass is 10.1. The minimum absolute atomic E-state index is 0.635. The second kappa shape index (κ2) is 5.53. The van der Waals surface area contributed by atoms with E-state index in [4.69, 9.17) is 5.26 Å². The normalized spacial score (nSPS) is 10.2. The largest absolute Gasteiger partial charge is 0.253 e. The second-order valence-corrected chi connectivity index (χ2v) is 5.78. The first-order valence-electron chi connectivity index (χ1n) is 5.85. The molecule has 0 atom stereocenters. The first-order chi connectivity index (χ1) is 9.78. The molecule has 5 heteroatoms. The molecule has 0 saturated carbocycles. The molecule has 0 aliphatic rings. The Morgan fingerprint density at radius 1 is 1.20 bits per heavy atom. The Bertz CT molecular complexity index is 805. The minimum atomic E-state index is 0.635. The Morgan fingerprint density at radius 3 is 2.90 bits per heavy atom. The summed E-state index contributed by atoms with van der Waals surface area (Å²) < 4.78 is 0.923. The second-order valence-electron chi connectivity index (χ2n) is 4.06. The number of rotatable bonds is 2. The number of nitrogens with zero attached hydrogens (tertiary/aromatic N) is 3. The van der Waals surface area contributed by atoms with E-state index in [1.54, 1.807) is 12.3 Å². The van der Waals surface area contributed by atoms with Crippen LogP contribution >= 0.6 is 27.3 Å². The van der Waals surface area contributed by atoms with Gasteiger partial charge in [0.2, 0.25) is 0 Å². The molecule has 0 N–H and O–H groups in total. The number of hydrogen-bond acceptors (Lipinski definition) is 4. The van der Waals surface area contributed by atoms with Crippen molar-refractivity contribution in [1.29, 1.82) is 5.26 Å². The van der Waals surface area contributed by atoms with E-state index in [1.807, 2.05) is 35.7 Å². The van der Waals surface area contributed by atoms with Crippen molar-refractivity contribution in [2.75, 3.05) is 0 Å². The highest BCUT2D eigenvalue weighted by Crippen LogP contribution is 2.31. The van der Waals surface area contributed by atoms with Gasteiger partial charge < -0.3 is 0 Å². The molecular formula is C15H8BrN3S. The van der Waals surface area contributed by atoms with Crippen LogP contribution in [0.4, 0.5) is 0 Å². The zero-order valence-electron chi connectivity index (χ0n) is 10.2. The summed E-state index contributed by atoms with van der Waals surface area (Å²) in [5, 5.41) is 11.8. The van der Waals surface area contributed by atoms with Crippen LogP contribution in [0.2, 0.25) is 0 Å². The lowest BCUT2D eigenvalue weighted by Gasteiger charge is -1.98. The van der Waals surface area contributed by atoms with Crippen molar-refractivity contribution in [3.05, 3.63) is 58.0 Å². The third-order valence-electron chi connectivity index (χ3n) is 2.75. The Hall–Kier alpha value is -2.03. The van der Waals surface area contributed by atoms with E-state index < -0.39 is 0 Å². The SMILES string of the molecule is N#Cc1cccc(-c2csc(-c3ncccc3Br)n2)c1. The monoisotopic (exact) mass is 341 g/mol. The van der Waals surface area contributed by atoms with Crippen molar-refractivity contribution in [1.82, 2.24) is 9.97 Å². The molecule has 3 aromatic rings. The van der Waals surface area contributed by atoms with Crippen LogP contribution in [0.5, 0.6) is 0 Å². The number of benzene rings is 1. The van der Waals surface area contributed by atoms with Crippen molar-refractivity contribution in [2.45, 2.75) is 0 Å². The minimum Gasteiger partial charge on any atom is -0.253 e. The van der Waals surface area contributed by atoms with Crippen LogP contribution in [-0.4, -0.2) is 9.97 Å². The molecule has 0 aliphatic heterocycles. The van der Waals surface area contributed by atoms with Crippen LogP contribution in [0.3, 0.4) is 0 Å². The van der Waals surface area contributed by atoms with Crippen molar-refractivity contribution in [2.24, 2.45) is 0 Å². The molecule has 0 spiro atoms. The van der Waals surface area contributed by atoms with Gasteiger partial charge in [-0.05, 0) is 40.2 Å². The summed E-state index contributed by atoms with van der Waals surface area (Å²) in [5.41, 5.74) is 3.27. The summed E-state index contributed by atoms with van der Waals surface area (Å²) in [6, 6.07) is 13.4. The smallest absolute Gasteiger partial charge is 0.143 e. The van der Waals surface area contributed by atoms with Gasteiger partial charge in [-0.25, -0.2) is 4.98 Å². The van der Waals surface area contributed by atoms with Gasteiger partial charge in [-0.1, -0.05) is 12.1 Å². The number of halogens is 1. The molecule has 20 heavy (non-hydrogen) atoms. The van der Waals surface area contributed by atoms with Gasteiger partial charge in [0.15, 0.2) is 0 Å². The number of hydrogen-bond donors (Lipinski definition) is 0. The summed E-state index contributed by atoms with van der Waals surface area (Å²) in [6.07, 6.45) is 1.75. The zero-order chi connectivity index (χ0) is 13.9. The maximum absolute atomic E-state index is 8.94. The lowest BCUT2D eigenvalue weighted by molar-refractivity contribution is 1.28. The molecular weight excluding hydrogens is 334 g/mol. The van der Waals surface area contributed by atoms with Gasteiger partial charge in [0.25, 0.3) is 0 Å². The van der Waals surface area contributed by atoms with E-state index in [9.17, 15) is 0 Å². The predicted octanol–water partition coefficient (Wildman–Crippen LogP) is 4.51. The molecule has 96 valence electrons. The fourth-order valence-corrected chi connectivity index (χ4v) is 3.22. The molecule has 0 saturated heterocycles. The van der Waals surface area contributed by atoms with E-state index in [1.165, 1.54) is 11.3 Å². The fourth-order valence-electron chi connectivity index (χ4n) is 1.81.